The van der Waals surface area contributed by atoms with Crippen LogP contribution in [0.4, 0.5) is 0 Å². The maximum absolute atomic E-state index is 12.0. The van der Waals surface area contributed by atoms with Gasteiger partial charge in [0.15, 0.2) is 0 Å². The first-order valence-corrected chi connectivity index (χ1v) is 8.38. The van der Waals surface area contributed by atoms with Crippen LogP contribution in [0.5, 0.6) is 0 Å². The summed E-state index contributed by atoms with van der Waals surface area (Å²) in [4.78, 5) is 14.5. The second-order valence-electron chi connectivity index (χ2n) is 6.05. The number of hydrogen-bond acceptors (Lipinski definition) is 3. The molecule has 4 nitrogen and oxygen atoms in total. The maximum atomic E-state index is 12.0. The van der Waals surface area contributed by atoms with Crippen molar-refractivity contribution in [1.29, 1.82) is 0 Å². The van der Waals surface area contributed by atoms with E-state index in [-0.39, 0.29) is 5.56 Å². The normalized spacial score (nSPS) is 15.7. The summed E-state index contributed by atoms with van der Waals surface area (Å²) in [5.41, 5.74) is 3.61. The highest BCUT2D eigenvalue weighted by Crippen LogP contribution is 2.23. The molecule has 1 fully saturated rings. The van der Waals surface area contributed by atoms with Crippen molar-refractivity contribution in [2.24, 2.45) is 0 Å². The van der Waals surface area contributed by atoms with Gasteiger partial charge in [-0.1, -0.05) is 17.7 Å². The first kappa shape index (κ1) is 16.2. The third-order valence-corrected chi connectivity index (χ3v) is 4.58. The zero-order valence-corrected chi connectivity index (χ0v) is 14.1. The van der Waals surface area contributed by atoms with E-state index in [2.05, 4.69) is 17.1 Å². The molecule has 0 radical (unpaired) electrons. The van der Waals surface area contributed by atoms with Crippen molar-refractivity contribution in [2.45, 2.75) is 20.0 Å². The van der Waals surface area contributed by atoms with Gasteiger partial charge in [-0.3, -0.25) is 9.69 Å². The third kappa shape index (κ3) is 4.02. The molecule has 1 aromatic carbocycles. The first-order chi connectivity index (χ1) is 11.1. The van der Waals surface area contributed by atoms with E-state index in [9.17, 15) is 4.79 Å². The lowest BCUT2D eigenvalue weighted by molar-refractivity contribution is 0.232. The molecule has 0 bridgehead atoms. The highest BCUT2D eigenvalue weighted by Gasteiger charge is 2.15. The Morgan fingerprint density at radius 3 is 2.70 bits per heavy atom. The fraction of sp³-hybridized carbons (Fsp3) is 0.389. The molecule has 1 aliphatic rings. The Morgan fingerprint density at radius 2 is 1.96 bits per heavy atom. The Balaban J connectivity index is 1.91. The molecule has 0 spiro atoms. The van der Waals surface area contributed by atoms with Crippen LogP contribution in [-0.2, 0) is 13.1 Å². The van der Waals surface area contributed by atoms with Gasteiger partial charge in [0.25, 0.3) is 5.56 Å². The molecule has 1 aliphatic heterocycles. The van der Waals surface area contributed by atoms with Crippen molar-refractivity contribution in [3.05, 3.63) is 68.6 Å². The van der Waals surface area contributed by atoms with Crippen molar-refractivity contribution in [3.8, 4) is 0 Å². The number of nitrogens with zero attached hydrogens (tertiary/aromatic N) is 2. The lowest BCUT2D eigenvalue weighted by atomic mass is 10.0. The number of rotatable bonds is 4. The molecule has 0 unspecified atom stereocenters. The molecule has 1 saturated heterocycles. The average Bonchev–Trinajstić information content (AvgIpc) is 2.54. The van der Waals surface area contributed by atoms with Crippen LogP contribution < -0.4 is 10.9 Å². The van der Waals surface area contributed by atoms with Crippen molar-refractivity contribution in [1.82, 2.24) is 14.8 Å². The van der Waals surface area contributed by atoms with E-state index in [1.807, 2.05) is 24.4 Å². The van der Waals surface area contributed by atoms with Gasteiger partial charge in [-0.25, -0.2) is 0 Å². The van der Waals surface area contributed by atoms with Crippen LogP contribution in [0.2, 0.25) is 5.02 Å². The molecule has 0 atom stereocenters. The Hall–Kier alpha value is -1.62. The van der Waals surface area contributed by atoms with Gasteiger partial charge < -0.3 is 9.88 Å². The van der Waals surface area contributed by atoms with Gasteiger partial charge in [-0.05, 0) is 41.8 Å². The molecule has 3 rings (SSSR count). The molecule has 2 heterocycles. The zero-order valence-electron chi connectivity index (χ0n) is 13.4. The lowest BCUT2D eigenvalue weighted by Gasteiger charge is -2.29. The Kier molecular flexibility index (Phi) is 5.16. The SMILES string of the molecule is Cc1cc(Cl)cc(Cn2ccccc2=O)c1CN1CCNCC1. The van der Waals surface area contributed by atoms with Gasteiger partial charge >= 0.3 is 0 Å². The number of nitrogens with one attached hydrogen (secondary N) is 1. The fourth-order valence-electron chi connectivity index (χ4n) is 3.08. The zero-order chi connectivity index (χ0) is 16.2. The van der Waals surface area contributed by atoms with Crippen LogP contribution in [0, 0.1) is 6.92 Å². The first-order valence-electron chi connectivity index (χ1n) is 8.00. The smallest absolute Gasteiger partial charge is 0.250 e. The number of benzene rings is 1. The van der Waals surface area contributed by atoms with E-state index in [1.54, 1.807) is 16.7 Å². The summed E-state index contributed by atoms with van der Waals surface area (Å²) in [7, 11) is 0. The molecule has 1 N–H and O–H groups in total. The molecule has 1 aromatic heterocycles. The molecule has 0 amide bonds. The summed E-state index contributed by atoms with van der Waals surface area (Å²) in [5.74, 6) is 0. The number of hydrogen-bond donors (Lipinski definition) is 1. The van der Waals surface area contributed by atoms with Crippen LogP contribution in [0.25, 0.3) is 0 Å². The average molecular weight is 332 g/mol. The highest BCUT2D eigenvalue weighted by atomic mass is 35.5. The molecule has 0 aliphatic carbocycles. The van der Waals surface area contributed by atoms with E-state index < -0.39 is 0 Å². The number of aromatic nitrogens is 1. The highest BCUT2D eigenvalue weighted by molar-refractivity contribution is 6.30. The topological polar surface area (TPSA) is 37.3 Å². The lowest BCUT2D eigenvalue weighted by Crippen LogP contribution is -2.43. The summed E-state index contributed by atoms with van der Waals surface area (Å²) in [6.45, 7) is 7.71. The van der Waals surface area contributed by atoms with E-state index in [1.165, 1.54) is 11.1 Å². The molecular formula is C18H22ClN3O. The van der Waals surface area contributed by atoms with Crippen molar-refractivity contribution < 1.29 is 0 Å². The number of piperazine rings is 1. The Labute approximate surface area is 141 Å². The van der Waals surface area contributed by atoms with Crippen LogP contribution >= 0.6 is 11.6 Å². The minimum atomic E-state index is 0.0123. The predicted molar refractivity (Wildman–Crippen MR) is 94.1 cm³/mol. The summed E-state index contributed by atoms with van der Waals surface area (Å²) >= 11 is 6.26. The molecule has 23 heavy (non-hydrogen) atoms. The Bertz CT molecular complexity index is 735. The van der Waals surface area contributed by atoms with E-state index in [0.717, 1.165) is 43.3 Å². The van der Waals surface area contributed by atoms with E-state index >= 15 is 0 Å². The molecule has 2 aromatic rings. The van der Waals surface area contributed by atoms with E-state index in [4.69, 9.17) is 11.6 Å². The number of halogens is 1. The van der Waals surface area contributed by atoms with Crippen molar-refractivity contribution in [3.63, 3.8) is 0 Å². The molecule has 5 heteroatoms. The minimum absolute atomic E-state index is 0.0123. The van der Waals surface area contributed by atoms with Gasteiger partial charge in [0, 0.05) is 50.0 Å². The van der Waals surface area contributed by atoms with Crippen molar-refractivity contribution in [2.75, 3.05) is 26.2 Å². The van der Waals surface area contributed by atoms with Crippen LogP contribution in [0.1, 0.15) is 16.7 Å². The van der Waals surface area contributed by atoms with Crippen molar-refractivity contribution >= 4 is 11.6 Å². The van der Waals surface area contributed by atoms with Crippen LogP contribution in [0.3, 0.4) is 0 Å². The number of pyridine rings is 1. The molecule has 122 valence electrons. The van der Waals surface area contributed by atoms with Gasteiger partial charge in [0.05, 0.1) is 6.54 Å². The largest absolute Gasteiger partial charge is 0.314 e. The fourth-order valence-corrected chi connectivity index (χ4v) is 3.37. The summed E-state index contributed by atoms with van der Waals surface area (Å²) in [6, 6.07) is 9.24. The third-order valence-electron chi connectivity index (χ3n) is 4.36. The maximum Gasteiger partial charge on any atom is 0.250 e. The molecule has 0 saturated carbocycles. The monoisotopic (exact) mass is 331 g/mol. The standard InChI is InChI=1S/C18H22ClN3O/c1-14-10-16(19)11-15(12-22-7-3-2-4-18(22)23)17(14)13-21-8-5-20-6-9-21/h2-4,7,10-11,20H,5-6,8-9,12-13H2,1H3. The Morgan fingerprint density at radius 1 is 1.17 bits per heavy atom. The number of aryl methyl sites for hydroxylation is 1. The summed E-state index contributed by atoms with van der Waals surface area (Å²) in [5, 5.41) is 4.11. The molecular weight excluding hydrogens is 310 g/mol. The summed E-state index contributed by atoms with van der Waals surface area (Å²) < 4.78 is 1.73. The van der Waals surface area contributed by atoms with Gasteiger partial charge in [0.2, 0.25) is 0 Å². The van der Waals surface area contributed by atoms with Crippen LogP contribution in [-0.4, -0.2) is 35.6 Å². The summed E-state index contributed by atoms with van der Waals surface area (Å²) in [6.07, 6.45) is 1.83. The van der Waals surface area contributed by atoms with Gasteiger partial charge in [-0.2, -0.15) is 0 Å². The van der Waals surface area contributed by atoms with E-state index in [0.29, 0.717) is 6.54 Å². The van der Waals surface area contributed by atoms with Gasteiger partial charge in [0.1, 0.15) is 0 Å². The predicted octanol–water partition coefficient (Wildman–Crippen LogP) is 2.26. The second-order valence-corrected chi connectivity index (χ2v) is 6.49. The quantitative estimate of drug-likeness (QED) is 0.934. The second kappa shape index (κ2) is 7.30. The van der Waals surface area contributed by atoms with Gasteiger partial charge in [-0.15, -0.1) is 0 Å². The van der Waals surface area contributed by atoms with Crippen LogP contribution in [0.15, 0.2) is 41.3 Å². The minimum Gasteiger partial charge on any atom is -0.314 e.